The molecule has 0 aliphatic heterocycles. The Morgan fingerprint density at radius 3 is 2.64 bits per heavy atom. The molecule has 22 heavy (non-hydrogen) atoms. The molecule has 0 radical (unpaired) electrons. The van der Waals surface area contributed by atoms with Crippen LogP contribution in [0, 0.1) is 0 Å². The molecule has 0 aliphatic rings. The SMILES string of the molecule is NC(=Nc1nc2ccccc2o1)NC(=O)c1ccccc1N. The topological polar surface area (TPSA) is 120 Å². The maximum atomic E-state index is 12.0. The number of nitrogen functional groups attached to an aromatic ring is 1. The van der Waals surface area contributed by atoms with Gasteiger partial charge in [-0.3, -0.25) is 10.1 Å². The summed E-state index contributed by atoms with van der Waals surface area (Å²) in [5.41, 5.74) is 13.3. The van der Waals surface area contributed by atoms with Gasteiger partial charge < -0.3 is 15.9 Å². The number of nitrogens with one attached hydrogen (secondary N) is 1. The average Bonchev–Trinajstić information content (AvgIpc) is 2.89. The summed E-state index contributed by atoms with van der Waals surface area (Å²) in [7, 11) is 0. The van der Waals surface area contributed by atoms with Crippen molar-refractivity contribution in [3.8, 4) is 0 Å². The van der Waals surface area contributed by atoms with Gasteiger partial charge in [0.1, 0.15) is 5.52 Å². The number of rotatable bonds is 2. The van der Waals surface area contributed by atoms with Crippen molar-refractivity contribution in [2.24, 2.45) is 10.7 Å². The maximum absolute atomic E-state index is 12.0. The van der Waals surface area contributed by atoms with Gasteiger partial charge >= 0.3 is 6.01 Å². The van der Waals surface area contributed by atoms with Gasteiger partial charge in [0.15, 0.2) is 5.58 Å². The molecule has 0 fully saturated rings. The molecule has 1 heterocycles. The lowest BCUT2D eigenvalue weighted by Gasteiger charge is -2.05. The van der Waals surface area contributed by atoms with Crippen LogP contribution in [-0.4, -0.2) is 16.9 Å². The van der Waals surface area contributed by atoms with Crippen LogP contribution in [0.3, 0.4) is 0 Å². The lowest BCUT2D eigenvalue weighted by atomic mass is 10.2. The zero-order chi connectivity index (χ0) is 15.5. The molecule has 1 aromatic heterocycles. The molecule has 0 saturated carbocycles. The van der Waals surface area contributed by atoms with E-state index in [0.717, 1.165) is 0 Å². The van der Waals surface area contributed by atoms with Gasteiger partial charge in [-0.25, -0.2) is 0 Å². The summed E-state index contributed by atoms with van der Waals surface area (Å²) in [6.07, 6.45) is 0. The Labute approximate surface area is 125 Å². The third-order valence-electron chi connectivity index (χ3n) is 2.95. The Morgan fingerprint density at radius 1 is 1.14 bits per heavy atom. The fraction of sp³-hybridized carbons (Fsp3) is 0. The fourth-order valence-electron chi connectivity index (χ4n) is 1.93. The summed E-state index contributed by atoms with van der Waals surface area (Å²) in [5, 5.41) is 2.44. The van der Waals surface area contributed by atoms with Gasteiger partial charge in [-0.2, -0.15) is 9.98 Å². The Balaban J connectivity index is 1.80. The van der Waals surface area contributed by atoms with E-state index in [1.165, 1.54) is 0 Å². The first kappa shape index (κ1) is 13.6. The number of oxazole rings is 1. The van der Waals surface area contributed by atoms with Gasteiger partial charge in [-0.1, -0.05) is 24.3 Å². The number of benzene rings is 2. The first-order valence-corrected chi connectivity index (χ1v) is 6.49. The van der Waals surface area contributed by atoms with Crippen molar-refractivity contribution in [1.29, 1.82) is 0 Å². The average molecular weight is 295 g/mol. The summed E-state index contributed by atoms with van der Waals surface area (Å²) in [6.45, 7) is 0. The normalized spacial score (nSPS) is 11.5. The number of aromatic nitrogens is 1. The van der Waals surface area contributed by atoms with E-state index >= 15 is 0 Å². The molecule has 7 nitrogen and oxygen atoms in total. The third kappa shape index (κ3) is 2.73. The maximum Gasteiger partial charge on any atom is 0.325 e. The predicted octanol–water partition coefficient (Wildman–Crippen LogP) is 1.79. The second kappa shape index (κ2) is 5.57. The molecule has 7 heteroatoms. The van der Waals surface area contributed by atoms with Crippen LogP contribution in [0.2, 0.25) is 0 Å². The highest BCUT2D eigenvalue weighted by atomic mass is 16.4. The number of guanidine groups is 1. The number of hydrogen-bond donors (Lipinski definition) is 3. The Bertz CT molecular complexity index is 836. The standard InChI is InChI=1S/C15H13N5O2/c16-10-6-2-1-5-9(10)13(21)19-14(17)20-15-18-11-7-3-4-8-12(11)22-15/h1-8H,16H2,(H3,17,18,19,20,21). The van der Waals surface area contributed by atoms with Crippen molar-refractivity contribution in [2.75, 3.05) is 5.73 Å². The lowest BCUT2D eigenvalue weighted by molar-refractivity contribution is 0.0977. The van der Waals surface area contributed by atoms with Crippen LogP contribution in [0.1, 0.15) is 10.4 Å². The Morgan fingerprint density at radius 2 is 1.86 bits per heavy atom. The van der Waals surface area contributed by atoms with E-state index in [9.17, 15) is 4.79 Å². The molecule has 5 N–H and O–H groups in total. The van der Waals surface area contributed by atoms with Gasteiger partial charge in [0.25, 0.3) is 5.91 Å². The van der Waals surface area contributed by atoms with Gasteiger partial charge in [0.05, 0.1) is 5.56 Å². The second-order valence-electron chi connectivity index (χ2n) is 4.50. The molecule has 0 bridgehead atoms. The van der Waals surface area contributed by atoms with Crippen molar-refractivity contribution < 1.29 is 9.21 Å². The number of carbonyl (C=O) groups is 1. The van der Waals surface area contributed by atoms with Gasteiger partial charge in [-0.15, -0.1) is 0 Å². The molecule has 3 rings (SSSR count). The Hall–Kier alpha value is -3.35. The summed E-state index contributed by atoms with van der Waals surface area (Å²) in [4.78, 5) is 20.1. The number of aliphatic imine (C=N–C) groups is 1. The molecule has 0 saturated heterocycles. The molecule has 1 amide bonds. The van der Waals surface area contributed by atoms with E-state index in [-0.39, 0.29) is 12.0 Å². The zero-order valence-corrected chi connectivity index (χ0v) is 11.5. The van der Waals surface area contributed by atoms with Crippen LogP contribution < -0.4 is 16.8 Å². The first-order valence-electron chi connectivity index (χ1n) is 6.49. The predicted molar refractivity (Wildman–Crippen MR) is 83.6 cm³/mol. The van der Waals surface area contributed by atoms with E-state index < -0.39 is 5.91 Å². The number of fused-ring (bicyclic) bond motifs is 1. The van der Waals surface area contributed by atoms with Crippen LogP contribution in [-0.2, 0) is 0 Å². The van der Waals surface area contributed by atoms with Crippen molar-refractivity contribution in [3.05, 3.63) is 54.1 Å². The van der Waals surface area contributed by atoms with Crippen molar-refractivity contribution in [2.45, 2.75) is 0 Å². The zero-order valence-electron chi connectivity index (χ0n) is 11.5. The summed E-state index contributed by atoms with van der Waals surface area (Å²) >= 11 is 0. The molecular weight excluding hydrogens is 282 g/mol. The van der Waals surface area contributed by atoms with Crippen LogP contribution in [0.5, 0.6) is 0 Å². The van der Waals surface area contributed by atoms with E-state index in [1.807, 2.05) is 12.1 Å². The number of para-hydroxylation sites is 3. The minimum Gasteiger partial charge on any atom is -0.422 e. The monoisotopic (exact) mass is 295 g/mol. The summed E-state index contributed by atoms with van der Waals surface area (Å²) in [5.74, 6) is -0.574. The number of amides is 1. The van der Waals surface area contributed by atoms with Crippen LogP contribution in [0.25, 0.3) is 11.1 Å². The molecule has 110 valence electrons. The third-order valence-corrected chi connectivity index (χ3v) is 2.95. The summed E-state index contributed by atoms with van der Waals surface area (Å²) < 4.78 is 5.40. The highest BCUT2D eigenvalue weighted by Crippen LogP contribution is 2.20. The quantitative estimate of drug-likeness (QED) is 0.378. The molecule has 2 aromatic carbocycles. The number of anilines is 1. The molecule has 0 spiro atoms. The van der Waals surface area contributed by atoms with Crippen LogP contribution in [0.15, 0.2) is 57.9 Å². The molecular formula is C15H13N5O2. The highest BCUT2D eigenvalue weighted by Gasteiger charge is 2.11. The summed E-state index contributed by atoms with van der Waals surface area (Å²) in [6, 6.07) is 14.0. The lowest BCUT2D eigenvalue weighted by Crippen LogP contribution is -2.36. The van der Waals surface area contributed by atoms with E-state index in [0.29, 0.717) is 22.4 Å². The number of hydrogen-bond acceptors (Lipinski definition) is 5. The highest BCUT2D eigenvalue weighted by molar-refractivity contribution is 6.08. The van der Waals surface area contributed by atoms with Crippen molar-refractivity contribution >= 4 is 34.7 Å². The molecule has 0 aliphatic carbocycles. The largest absolute Gasteiger partial charge is 0.422 e. The van der Waals surface area contributed by atoms with Gasteiger partial charge in [0.2, 0.25) is 5.96 Å². The van der Waals surface area contributed by atoms with Crippen LogP contribution in [0.4, 0.5) is 11.7 Å². The Kier molecular flexibility index (Phi) is 3.45. The minimum absolute atomic E-state index is 0.0695. The first-order chi connectivity index (χ1) is 10.6. The van der Waals surface area contributed by atoms with Gasteiger partial charge in [0, 0.05) is 5.69 Å². The molecule has 0 atom stereocenters. The second-order valence-corrected chi connectivity index (χ2v) is 4.50. The van der Waals surface area contributed by atoms with Crippen molar-refractivity contribution in [1.82, 2.24) is 10.3 Å². The molecule has 0 unspecified atom stereocenters. The van der Waals surface area contributed by atoms with Gasteiger partial charge in [-0.05, 0) is 24.3 Å². The van der Waals surface area contributed by atoms with E-state index in [2.05, 4.69) is 15.3 Å². The van der Waals surface area contributed by atoms with E-state index in [4.69, 9.17) is 15.9 Å². The number of nitrogens with two attached hydrogens (primary N) is 2. The van der Waals surface area contributed by atoms with Crippen molar-refractivity contribution in [3.63, 3.8) is 0 Å². The fourth-order valence-corrected chi connectivity index (χ4v) is 1.93. The number of nitrogens with zero attached hydrogens (tertiary/aromatic N) is 2. The molecule has 3 aromatic rings. The number of carbonyl (C=O) groups excluding carboxylic acids is 1. The van der Waals surface area contributed by atoms with E-state index in [1.54, 1.807) is 36.4 Å². The minimum atomic E-state index is -0.449. The smallest absolute Gasteiger partial charge is 0.325 e. The van der Waals surface area contributed by atoms with Crippen LogP contribution >= 0.6 is 0 Å².